The van der Waals surface area contributed by atoms with Gasteiger partial charge in [-0.15, -0.1) is 0 Å². The number of non-ortho nitro benzene ring substituents is 1. The molecule has 30 heavy (non-hydrogen) atoms. The number of nitro benzene ring substituents is 1. The smallest absolute Gasteiger partial charge is 0.338 e. The van der Waals surface area contributed by atoms with Crippen LogP contribution in [0.5, 0.6) is 5.75 Å². The van der Waals surface area contributed by atoms with E-state index in [1.54, 1.807) is 14.0 Å². The van der Waals surface area contributed by atoms with Gasteiger partial charge >= 0.3 is 5.97 Å². The molecule has 0 amide bonds. The van der Waals surface area contributed by atoms with Gasteiger partial charge in [0, 0.05) is 18.6 Å². The summed E-state index contributed by atoms with van der Waals surface area (Å²) in [6.07, 6.45) is -2.97. The van der Waals surface area contributed by atoms with Crippen LogP contribution in [0.25, 0.3) is 0 Å². The molecule has 0 bridgehead atoms. The molecule has 160 valence electrons. The van der Waals surface area contributed by atoms with Crippen LogP contribution in [-0.2, 0) is 20.8 Å². The van der Waals surface area contributed by atoms with Gasteiger partial charge in [0.05, 0.1) is 30.3 Å². The third-order valence-electron chi connectivity index (χ3n) is 4.82. The second-order valence-electron chi connectivity index (χ2n) is 6.90. The summed E-state index contributed by atoms with van der Waals surface area (Å²) in [4.78, 5) is 22.6. The molecule has 1 saturated heterocycles. The Hall–Kier alpha value is -3.01. The maximum absolute atomic E-state index is 12.4. The molecule has 0 aromatic heterocycles. The number of ether oxygens (including phenoxy) is 4. The highest BCUT2D eigenvalue weighted by molar-refractivity contribution is 5.89. The molecule has 2 aromatic carbocycles. The number of benzene rings is 2. The number of rotatable bonds is 7. The first-order chi connectivity index (χ1) is 14.4. The number of esters is 1. The topological polar surface area (TPSA) is 117 Å². The van der Waals surface area contributed by atoms with E-state index in [-0.39, 0.29) is 24.3 Å². The summed E-state index contributed by atoms with van der Waals surface area (Å²) in [6.45, 7) is 1.95. The fraction of sp³-hybridized carbons (Fsp3) is 0.381. The molecule has 9 nitrogen and oxygen atoms in total. The third kappa shape index (κ3) is 5.32. The number of hydrogen-bond donors (Lipinski definition) is 1. The molecule has 1 aliphatic heterocycles. The predicted octanol–water partition coefficient (Wildman–Crippen LogP) is 2.84. The number of aliphatic hydroxyl groups is 1. The van der Waals surface area contributed by atoms with Crippen molar-refractivity contribution in [1.82, 2.24) is 0 Å². The van der Waals surface area contributed by atoms with Gasteiger partial charge in [0.15, 0.2) is 6.29 Å². The van der Waals surface area contributed by atoms with E-state index in [4.69, 9.17) is 18.9 Å². The average molecular weight is 417 g/mol. The standard InChI is InChI=1S/C21H23NO8/c1-13-20(23)18(30-21(24)15-5-7-16(8-6-15)22(25)26)11-19(29-13)28-12-14-3-9-17(27-2)10-4-14/h3-10,13,18-20,23H,11-12H2,1-2H3/t13-,18-,19?,20-/m0/s1. The van der Waals surface area contributed by atoms with Crippen LogP contribution in [0.15, 0.2) is 48.5 Å². The maximum atomic E-state index is 12.4. The summed E-state index contributed by atoms with van der Waals surface area (Å²) in [5.41, 5.74) is 0.943. The van der Waals surface area contributed by atoms with E-state index in [0.717, 1.165) is 11.3 Å². The minimum absolute atomic E-state index is 0.127. The fourth-order valence-electron chi connectivity index (χ4n) is 3.07. The Bertz CT molecular complexity index is 868. The molecule has 0 spiro atoms. The molecule has 0 aliphatic carbocycles. The van der Waals surface area contributed by atoms with Crippen molar-refractivity contribution in [2.45, 2.75) is 44.6 Å². The van der Waals surface area contributed by atoms with Crippen molar-refractivity contribution >= 4 is 11.7 Å². The lowest BCUT2D eigenvalue weighted by Crippen LogP contribution is -2.49. The summed E-state index contributed by atoms with van der Waals surface area (Å²) < 4.78 is 22.0. The van der Waals surface area contributed by atoms with Gasteiger partial charge in [-0.25, -0.2) is 4.79 Å². The first-order valence-corrected chi connectivity index (χ1v) is 9.41. The van der Waals surface area contributed by atoms with E-state index in [1.807, 2.05) is 24.3 Å². The molecular weight excluding hydrogens is 394 g/mol. The summed E-state index contributed by atoms with van der Waals surface area (Å²) in [7, 11) is 1.59. The lowest BCUT2D eigenvalue weighted by Gasteiger charge is -2.37. The van der Waals surface area contributed by atoms with Crippen molar-refractivity contribution in [3.05, 3.63) is 69.8 Å². The zero-order valence-corrected chi connectivity index (χ0v) is 16.6. The third-order valence-corrected chi connectivity index (χ3v) is 4.82. The van der Waals surface area contributed by atoms with Crippen LogP contribution in [0.1, 0.15) is 29.3 Å². The highest BCUT2D eigenvalue weighted by Gasteiger charge is 2.38. The van der Waals surface area contributed by atoms with Crippen LogP contribution < -0.4 is 4.74 Å². The van der Waals surface area contributed by atoms with E-state index in [0.29, 0.717) is 0 Å². The maximum Gasteiger partial charge on any atom is 0.338 e. The Kier molecular flexibility index (Phi) is 6.99. The molecule has 1 unspecified atom stereocenters. The first-order valence-electron chi connectivity index (χ1n) is 9.41. The normalized spacial score (nSPS) is 23.6. The summed E-state index contributed by atoms with van der Waals surface area (Å²) >= 11 is 0. The van der Waals surface area contributed by atoms with Crippen LogP contribution in [-0.4, -0.2) is 47.7 Å². The van der Waals surface area contributed by atoms with Gasteiger partial charge in [-0.2, -0.15) is 0 Å². The number of carbonyl (C=O) groups is 1. The van der Waals surface area contributed by atoms with Crippen molar-refractivity contribution in [3.8, 4) is 5.75 Å². The molecule has 2 aromatic rings. The van der Waals surface area contributed by atoms with Crippen LogP contribution in [0.2, 0.25) is 0 Å². The van der Waals surface area contributed by atoms with Crippen molar-refractivity contribution in [2.75, 3.05) is 7.11 Å². The van der Waals surface area contributed by atoms with Crippen molar-refractivity contribution in [2.24, 2.45) is 0 Å². The molecule has 1 N–H and O–H groups in total. The summed E-state index contributed by atoms with van der Waals surface area (Å²) in [5.74, 6) is 0.0552. The van der Waals surface area contributed by atoms with Gasteiger partial charge in [0.2, 0.25) is 0 Å². The number of nitrogens with zero attached hydrogens (tertiary/aromatic N) is 1. The van der Waals surface area contributed by atoms with E-state index in [2.05, 4.69) is 0 Å². The van der Waals surface area contributed by atoms with Gasteiger partial charge in [-0.3, -0.25) is 10.1 Å². The van der Waals surface area contributed by atoms with Gasteiger partial charge < -0.3 is 24.1 Å². The van der Waals surface area contributed by atoms with Gasteiger partial charge in [-0.05, 0) is 36.8 Å². The Morgan fingerprint density at radius 3 is 2.47 bits per heavy atom. The number of aliphatic hydroxyl groups excluding tert-OH is 1. The molecule has 9 heteroatoms. The average Bonchev–Trinajstić information content (AvgIpc) is 2.75. The fourth-order valence-corrected chi connectivity index (χ4v) is 3.07. The molecule has 0 radical (unpaired) electrons. The number of methoxy groups -OCH3 is 1. The quantitative estimate of drug-likeness (QED) is 0.415. The lowest BCUT2D eigenvalue weighted by atomic mass is 10.0. The van der Waals surface area contributed by atoms with E-state index in [1.165, 1.54) is 24.3 Å². The molecule has 3 rings (SSSR count). The lowest BCUT2D eigenvalue weighted by molar-refractivity contribution is -0.384. The number of carbonyl (C=O) groups excluding carboxylic acids is 1. The summed E-state index contributed by atoms with van der Waals surface area (Å²) in [6, 6.07) is 12.4. The van der Waals surface area contributed by atoms with Crippen molar-refractivity contribution in [1.29, 1.82) is 0 Å². The molecule has 1 heterocycles. The van der Waals surface area contributed by atoms with Gasteiger partial charge in [0.1, 0.15) is 18.0 Å². The molecule has 1 aliphatic rings. The first kappa shape index (κ1) is 21.7. The van der Waals surface area contributed by atoms with E-state index in [9.17, 15) is 20.0 Å². The van der Waals surface area contributed by atoms with Crippen LogP contribution in [0.3, 0.4) is 0 Å². The Balaban J connectivity index is 1.59. The second kappa shape index (κ2) is 9.66. The molecule has 1 fully saturated rings. The minimum Gasteiger partial charge on any atom is -0.497 e. The molecule has 0 saturated carbocycles. The predicted molar refractivity (Wildman–Crippen MR) is 105 cm³/mol. The SMILES string of the molecule is COc1ccc(COC2C[C@H](OC(=O)c3ccc([N+](=O)[O-])cc3)[C@@H](O)[C@H](C)O2)cc1. The van der Waals surface area contributed by atoms with Crippen LogP contribution >= 0.6 is 0 Å². The van der Waals surface area contributed by atoms with Gasteiger partial charge in [-0.1, -0.05) is 12.1 Å². The van der Waals surface area contributed by atoms with Crippen LogP contribution in [0.4, 0.5) is 5.69 Å². The number of hydrogen-bond acceptors (Lipinski definition) is 8. The molecular formula is C21H23NO8. The summed E-state index contributed by atoms with van der Waals surface area (Å²) in [5, 5.41) is 21.1. The van der Waals surface area contributed by atoms with E-state index < -0.39 is 35.5 Å². The zero-order chi connectivity index (χ0) is 21.7. The Morgan fingerprint density at radius 1 is 1.20 bits per heavy atom. The minimum atomic E-state index is -1.02. The highest BCUT2D eigenvalue weighted by atomic mass is 16.7. The van der Waals surface area contributed by atoms with Crippen molar-refractivity contribution < 1.29 is 33.8 Å². The number of nitro groups is 1. The van der Waals surface area contributed by atoms with E-state index >= 15 is 0 Å². The largest absolute Gasteiger partial charge is 0.497 e. The Labute approximate surface area is 173 Å². The molecule has 4 atom stereocenters. The zero-order valence-electron chi connectivity index (χ0n) is 16.6. The Morgan fingerprint density at radius 2 is 1.87 bits per heavy atom. The van der Waals surface area contributed by atoms with Crippen LogP contribution in [0, 0.1) is 10.1 Å². The van der Waals surface area contributed by atoms with Crippen molar-refractivity contribution in [3.63, 3.8) is 0 Å². The second-order valence-corrected chi connectivity index (χ2v) is 6.90. The highest BCUT2D eigenvalue weighted by Crippen LogP contribution is 2.26. The van der Waals surface area contributed by atoms with Gasteiger partial charge in [0.25, 0.3) is 5.69 Å². The monoisotopic (exact) mass is 417 g/mol.